The van der Waals surface area contributed by atoms with Gasteiger partial charge in [-0.2, -0.15) is 0 Å². The van der Waals surface area contributed by atoms with E-state index >= 15 is 0 Å². The average Bonchev–Trinajstić information content (AvgIpc) is 3.15. The molecule has 142 valence electrons. The molecule has 1 aliphatic heterocycles. The van der Waals surface area contributed by atoms with Crippen molar-refractivity contribution >= 4 is 33.0 Å². The highest BCUT2D eigenvalue weighted by Crippen LogP contribution is 2.39. The number of benzene rings is 1. The summed E-state index contributed by atoms with van der Waals surface area (Å²) in [4.78, 5) is 21.7. The monoisotopic (exact) mass is 405 g/mol. The molecule has 0 aliphatic carbocycles. The van der Waals surface area contributed by atoms with Gasteiger partial charge in [-0.25, -0.2) is 23.2 Å². The summed E-state index contributed by atoms with van der Waals surface area (Å²) in [5, 5.41) is 5.66. The van der Waals surface area contributed by atoms with Gasteiger partial charge in [0.1, 0.15) is 5.54 Å². The third kappa shape index (κ3) is 3.52. The molecule has 0 bridgehead atoms. The number of nitrogens with one attached hydrogen (secondary N) is 1. The summed E-state index contributed by atoms with van der Waals surface area (Å²) >= 11 is 1.43. The third-order valence-electron chi connectivity index (χ3n) is 4.37. The number of nitrogens with zero attached hydrogens (tertiary/aromatic N) is 2. The first-order valence-electron chi connectivity index (χ1n) is 8.04. The van der Waals surface area contributed by atoms with E-state index in [9.17, 15) is 13.2 Å². The number of thiazole rings is 1. The maximum Gasteiger partial charge on any atom is 0.338 e. The van der Waals surface area contributed by atoms with Crippen molar-refractivity contribution in [3.63, 3.8) is 0 Å². The fourth-order valence-corrected chi connectivity index (χ4v) is 4.25. The second-order valence-corrected chi connectivity index (χ2v) is 9.19. The Morgan fingerprint density at radius 1 is 1.26 bits per heavy atom. The quantitative estimate of drug-likeness (QED) is 0.784. The van der Waals surface area contributed by atoms with Gasteiger partial charge in [0.15, 0.2) is 20.7 Å². The zero-order valence-electron chi connectivity index (χ0n) is 15.3. The maximum absolute atomic E-state index is 12.5. The number of aliphatic imine (C=N–C) groups is 1. The summed E-state index contributed by atoms with van der Waals surface area (Å²) in [6.07, 6.45) is 2.83. The number of carbonyl (C=O) groups is 1. The van der Waals surface area contributed by atoms with Crippen molar-refractivity contribution in [2.24, 2.45) is 4.99 Å². The number of hydrogen-bond donors (Lipinski definition) is 1. The molecule has 0 saturated carbocycles. The van der Waals surface area contributed by atoms with E-state index in [0.717, 1.165) is 6.26 Å². The SMILES string of the molecule is COC(=O)C1=C(C)NC(c2nccs2)=NC1(C)c1ccc(S(C)(=O)=O)cc1. The predicted molar refractivity (Wildman–Crippen MR) is 103 cm³/mol. The van der Waals surface area contributed by atoms with Crippen LogP contribution in [0.4, 0.5) is 0 Å². The van der Waals surface area contributed by atoms with Crippen LogP contribution in [0.3, 0.4) is 0 Å². The first kappa shape index (κ1) is 19.2. The van der Waals surface area contributed by atoms with E-state index in [2.05, 4.69) is 10.3 Å². The van der Waals surface area contributed by atoms with Crippen LogP contribution in [0.5, 0.6) is 0 Å². The van der Waals surface area contributed by atoms with E-state index in [4.69, 9.17) is 9.73 Å². The Hall–Kier alpha value is -2.52. The van der Waals surface area contributed by atoms with Crippen LogP contribution in [0, 0.1) is 0 Å². The molecule has 7 nitrogen and oxygen atoms in total. The number of allylic oxidation sites excluding steroid dienone is 1. The fourth-order valence-electron chi connectivity index (χ4n) is 3.04. The third-order valence-corrected chi connectivity index (χ3v) is 6.28. The standard InChI is InChI=1S/C18H19N3O4S2/c1-11-14(17(22)25-3)18(2,21-15(20-11)16-19-9-10-26-16)12-5-7-13(8-6-12)27(4,23)24/h5-10H,1-4H3,(H,20,21). The van der Waals surface area contributed by atoms with Crippen LogP contribution < -0.4 is 5.32 Å². The van der Waals surface area contributed by atoms with E-state index < -0.39 is 21.3 Å². The molecule has 0 radical (unpaired) electrons. The van der Waals surface area contributed by atoms with Crippen LogP contribution in [0.15, 0.2) is 57.0 Å². The molecule has 1 atom stereocenters. The van der Waals surface area contributed by atoms with E-state index in [-0.39, 0.29) is 4.90 Å². The summed E-state index contributed by atoms with van der Waals surface area (Å²) < 4.78 is 28.5. The molecular formula is C18H19N3O4S2. The van der Waals surface area contributed by atoms with Crippen LogP contribution in [-0.4, -0.2) is 38.6 Å². The van der Waals surface area contributed by atoms with Crippen molar-refractivity contribution in [2.45, 2.75) is 24.3 Å². The number of sulfone groups is 1. The van der Waals surface area contributed by atoms with Crippen LogP contribution >= 0.6 is 11.3 Å². The number of esters is 1. The molecule has 1 N–H and O–H groups in total. The average molecular weight is 406 g/mol. The van der Waals surface area contributed by atoms with E-state index in [1.807, 2.05) is 5.38 Å². The van der Waals surface area contributed by atoms with Gasteiger partial charge >= 0.3 is 5.97 Å². The van der Waals surface area contributed by atoms with Gasteiger partial charge in [-0.05, 0) is 31.5 Å². The lowest BCUT2D eigenvalue weighted by atomic mass is 9.82. The molecule has 1 aliphatic rings. The molecule has 2 aromatic rings. The van der Waals surface area contributed by atoms with Gasteiger partial charge in [-0.3, -0.25) is 0 Å². The van der Waals surface area contributed by atoms with Crippen LogP contribution in [-0.2, 0) is 24.9 Å². The summed E-state index contributed by atoms with van der Waals surface area (Å²) in [6.45, 7) is 3.57. The molecule has 0 fully saturated rings. The van der Waals surface area contributed by atoms with Crippen molar-refractivity contribution in [2.75, 3.05) is 13.4 Å². The van der Waals surface area contributed by atoms with Gasteiger partial charge in [-0.1, -0.05) is 12.1 Å². The first-order valence-corrected chi connectivity index (χ1v) is 10.8. The van der Waals surface area contributed by atoms with Crippen molar-refractivity contribution in [1.82, 2.24) is 10.3 Å². The number of carbonyl (C=O) groups excluding carboxylic acids is 1. The molecule has 9 heteroatoms. The molecule has 1 unspecified atom stereocenters. The summed E-state index contributed by atoms with van der Waals surface area (Å²) in [6, 6.07) is 6.36. The summed E-state index contributed by atoms with van der Waals surface area (Å²) in [5.41, 5.74) is 0.582. The lowest BCUT2D eigenvalue weighted by molar-refractivity contribution is -0.137. The lowest BCUT2D eigenvalue weighted by Gasteiger charge is -2.34. The predicted octanol–water partition coefficient (Wildman–Crippen LogP) is 2.26. The maximum atomic E-state index is 12.5. The Balaban J connectivity index is 2.18. The van der Waals surface area contributed by atoms with Crippen molar-refractivity contribution in [3.05, 3.63) is 57.7 Å². The Morgan fingerprint density at radius 2 is 1.93 bits per heavy atom. The molecule has 0 saturated heterocycles. The Labute approximate surface area is 161 Å². The van der Waals surface area contributed by atoms with E-state index in [1.165, 1.54) is 30.6 Å². The van der Waals surface area contributed by atoms with Crippen molar-refractivity contribution < 1.29 is 17.9 Å². The number of methoxy groups -OCH3 is 1. The molecule has 2 heterocycles. The summed E-state index contributed by atoms with van der Waals surface area (Å²) in [7, 11) is -2.01. The van der Waals surface area contributed by atoms with Gasteiger partial charge in [0, 0.05) is 23.5 Å². The van der Waals surface area contributed by atoms with Crippen LogP contribution in [0.25, 0.3) is 0 Å². The fraction of sp³-hybridized carbons (Fsp3) is 0.278. The molecule has 1 aromatic carbocycles. The highest BCUT2D eigenvalue weighted by Gasteiger charge is 2.41. The minimum Gasteiger partial charge on any atom is -0.466 e. The molecule has 1 aromatic heterocycles. The first-order chi connectivity index (χ1) is 12.7. The second-order valence-electron chi connectivity index (χ2n) is 6.28. The number of aromatic nitrogens is 1. The van der Waals surface area contributed by atoms with Crippen LogP contribution in [0.1, 0.15) is 24.4 Å². The number of hydrogen-bond acceptors (Lipinski definition) is 8. The van der Waals surface area contributed by atoms with E-state index in [1.54, 1.807) is 32.2 Å². The van der Waals surface area contributed by atoms with Crippen molar-refractivity contribution in [1.29, 1.82) is 0 Å². The Kier molecular flexibility index (Phi) is 4.92. The largest absolute Gasteiger partial charge is 0.466 e. The number of ether oxygens (including phenoxy) is 1. The minimum atomic E-state index is -3.32. The number of rotatable bonds is 4. The smallest absolute Gasteiger partial charge is 0.338 e. The van der Waals surface area contributed by atoms with Gasteiger partial charge in [-0.15, -0.1) is 11.3 Å². The Morgan fingerprint density at radius 3 is 2.44 bits per heavy atom. The van der Waals surface area contributed by atoms with Gasteiger partial charge in [0.25, 0.3) is 0 Å². The Bertz CT molecular complexity index is 1040. The topological polar surface area (TPSA) is 97.7 Å². The van der Waals surface area contributed by atoms with Crippen molar-refractivity contribution in [3.8, 4) is 0 Å². The summed E-state index contributed by atoms with van der Waals surface area (Å²) in [5.74, 6) is 0.0430. The minimum absolute atomic E-state index is 0.202. The molecule has 27 heavy (non-hydrogen) atoms. The molecule has 3 rings (SSSR count). The number of amidine groups is 1. The van der Waals surface area contributed by atoms with Gasteiger partial charge < -0.3 is 10.1 Å². The zero-order valence-corrected chi connectivity index (χ0v) is 16.9. The van der Waals surface area contributed by atoms with Gasteiger partial charge in [0.2, 0.25) is 0 Å². The molecule has 0 amide bonds. The molecule has 0 spiro atoms. The second kappa shape index (κ2) is 6.90. The zero-order chi connectivity index (χ0) is 19.8. The molecular weight excluding hydrogens is 386 g/mol. The van der Waals surface area contributed by atoms with E-state index in [0.29, 0.717) is 27.7 Å². The van der Waals surface area contributed by atoms with Gasteiger partial charge in [0.05, 0.1) is 17.6 Å². The lowest BCUT2D eigenvalue weighted by Crippen LogP contribution is -2.40. The normalized spacial score (nSPS) is 20.1. The highest BCUT2D eigenvalue weighted by atomic mass is 32.2. The van der Waals surface area contributed by atoms with Crippen LogP contribution in [0.2, 0.25) is 0 Å². The highest BCUT2D eigenvalue weighted by molar-refractivity contribution is 7.90.